The molecule has 1 N–H and O–H groups in total. The Kier molecular flexibility index (Phi) is 8.86. The van der Waals surface area contributed by atoms with Crippen LogP contribution in [0.2, 0.25) is 0 Å². The van der Waals surface area contributed by atoms with E-state index in [2.05, 4.69) is 47.2 Å². The van der Waals surface area contributed by atoms with E-state index in [4.69, 9.17) is 4.74 Å². The summed E-state index contributed by atoms with van der Waals surface area (Å²) >= 11 is 0. The molecule has 1 heterocycles. The molecule has 2 saturated carbocycles. The number of methoxy groups -OCH3 is 1. The van der Waals surface area contributed by atoms with Crippen LogP contribution >= 0.6 is 0 Å². The van der Waals surface area contributed by atoms with E-state index in [1.165, 1.54) is 15.9 Å². The van der Waals surface area contributed by atoms with Crippen molar-refractivity contribution in [2.45, 2.75) is 70.3 Å². The van der Waals surface area contributed by atoms with E-state index in [1.807, 2.05) is 29.2 Å². The molecule has 0 aliphatic heterocycles. The molecular formula is C33H40N4O3. The van der Waals surface area contributed by atoms with Gasteiger partial charge in [-0.15, -0.1) is 5.10 Å². The summed E-state index contributed by atoms with van der Waals surface area (Å²) in [5, 5.41) is 18.3. The first-order chi connectivity index (χ1) is 19.4. The highest BCUT2D eigenvalue weighted by Gasteiger charge is 2.32. The highest BCUT2D eigenvalue weighted by atomic mass is 16.5. The Bertz CT molecular complexity index is 1370. The molecule has 0 atom stereocenters. The van der Waals surface area contributed by atoms with Gasteiger partial charge in [0.05, 0.1) is 19.4 Å². The molecule has 0 spiro atoms. The standard InChI is InChI=1S/C33H40N4O3/c1-23-19-28(14-18-32(23)40-3)26-10-7-25(8-11-26)22-37(33(39)27-12-16-31(38)17-13-27)30-6-4-5-24(20-30)9-15-29-21-34-36(2)35-29/h4-6,14,18-21,25-27,31,38H,7-8,10-13,16-17,22H2,1-3H3. The number of rotatable bonds is 6. The third-order valence-electron chi connectivity index (χ3n) is 8.58. The van der Waals surface area contributed by atoms with Crippen molar-refractivity contribution in [2.75, 3.05) is 18.6 Å². The van der Waals surface area contributed by atoms with Gasteiger partial charge in [0, 0.05) is 30.8 Å². The largest absolute Gasteiger partial charge is 0.496 e. The van der Waals surface area contributed by atoms with Crippen molar-refractivity contribution in [1.29, 1.82) is 0 Å². The number of carbonyl (C=O) groups excluding carboxylic acids is 1. The second-order valence-corrected chi connectivity index (χ2v) is 11.4. The van der Waals surface area contributed by atoms with Gasteiger partial charge in [-0.2, -0.15) is 9.90 Å². The minimum atomic E-state index is -0.283. The fraction of sp³-hybridized carbons (Fsp3) is 0.485. The molecule has 7 heteroatoms. The molecule has 0 saturated heterocycles. The summed E-state index contributed by atoms with van der Waals surface area (Å²) in [6.45, 7) is 2.82. The number of carbonyl (C=O) groups is 1. The van der Waals surface area contributed by atoms with Gasteiger partial charge in [0.15, 0.2) is 5.69 Å². The van der Waals surface area contributed by atoms with Gasteiger partial charge in [0.1, 0.15) is 5.75 Å². The van der Waals surface area contributed by atoms with Gasteiger partial charge in [0.2, 0.25) is 5.91 Å². The molecule has 7 nitrogen and oxygen atoms in total. The average Bonchev–Trinajstić information content (AvgIpc) is 3.40. The van der Waals surface area contributed by atoms with Crippen molar-refractivity contribution < 1.29 is 14.6 Å². The number of nitrogens with zero attached hydrogens (tertiary/aromatic N) is 4. The van der Waals surface area contributed by atoms with Crippen LogP contribution in [-0.4, -0.2) is 45.8 Å². The molecule has 0 radical (unpaired) electrons. The van der Waals surface area contributed by atoms with Gasteiger partial charge in [-0.25, -0.2) is 0 Å². The molecule has 2 aromatic carbocycles. The van der Waals surface area contributed by atoms with Crippen molar-refractivity contribution in [3.63, 3.8) is 0 Å². The van der Waals surface area contributed by atoms with Crippen LogP contribution in [0.4, 0.5) is 5.69 Å². The molecule has 0 bridgehead atoms. The normalized spacial score (nSPS) is 22.7. The van der Waals surface area contributed by atoms with Crippen LogP contribution in [0.15, 0.2) is 48.7 Å². The number of aliphatic hydroxyl groups is 1. The summed E-state index contributed by atoms with van der Waals surface area (Å²) in [7, 11) is 3.49. The summed E-state index contributed by atoms with van der Waals surface area (Å²) < 4.78 is 5.45. The van der Waals surface area contributed by atoms with Crippen LogP contribution in [-0.2, 0) is 11.8 Å². The SMILES string of the molecule is COc1ccc(C2CCC(CN(C(=O)C3CCC(O)CC3)c3cccc(C#Cc4cnn(C)n4)c3)CC2)cc1C. The minimum absolute atomic E-state index is 0.0450. The molecular weight excluding hydrogens is 500 g/mol. The van der Waals surface area contributed by atoms with E-state index in [9.17, 15) is 9.90 Å². The van der Waals surface area contributed by atoms with Gasteiger partial charge in [-0.1, -0.05) is 24.1 Å². The fourth-order valence-corrected chi connectivity index (χ4v) is 6.25. The third kappa shape index (κ3) is 6.74. The number of aryl methyl sites for hydroxylation is 2. The summed E-state index contributed by atoms with van der Waals surface area (Å²) in [6.07, 6.45) is 8.67. The first kappa shape index (κ1) is 27.9. The van der Waals surface area contributed by atoms with Gasteiger partial charge in [0.25, 0.3) is 0 Å². The first-order valence-corrected chi connectivity index (χ1v) is 14.5. The molecule has 210 valence electrons. The van der Waals surface area contributed by atoms with E-state index in [-0.39, 0.29) is 17.9 Å². The quantitative estimate of drug-likeness (QED) is 0.424. The Hall–Kier alpha value is -3.63. The van der Waals surface area contributed by atoms with Crippen molar-refractivity contribution >= 4 is 11.6 Å². The predicted molar refractivity (Wildman–Crippen MR) is 156 cm³/mol. The number of amides is 1. The highest BCUT2D eigenvalue weighted by molar-refractivity contribution is 5.95. The monoisotopic (exact) mass is 540 g/mol. The van der Waals surface area contributed by atoms with E-state index in [1.54, 1.807) is 20.4 Å². The smallest absolute Gasteiger partial charge is 0.230 e. The molecule has 5 rings (SSSR count). The number of anilines is 1. The topological polar surface area (TPSA) is 80.5 Å². The maximum Gasteiger partial charge on any atom is 0.230 e. The maximum absolute atomic E-state index is 13.9. The van der Waals surface area contributed by atoms with Gasteiger partial charge >= 0.3 is 0 Å². The van der Waals surface area contributed by atoms with Crippen LogP contribution in [0.3, 0.4) is 0 Å². The van der Waals surface area contributed by atoms with Crippen LogP contribution in [0.5, 0.6) is 5.75 Å². The van der Waals surface area contributed by atoms with Gasteiger partial charge in [-0.05, 0) is 111 Å². The Labute approximate surface area is 237 Å². The van der Waals surface area contributed by atoms with Crippen LogP contribution < -0.4 is 9.64 Å². The molecule has 2 aliphatic carbocycles. The van der Waals surface area contributed by atoms with Crippen molar-refractivity contribution in [2.24, 2.45) is 18.9 Å². The minimum Gasteiger partial charge on any atom is -0.496 e. The number of hydrogen-bond donors (Lipinski definition) is 1. The number of aliphatic hydroxyl groups excluding tert-OH is 1. The lowest BCUT2D eigenvalue weighted by molar-refractivity contribution is -0.124. The van der Waals surface area contributed by atoms with Crippen LogP contribution in [0.25, 0.3) is 0 Å². The van der Waals surface area contributed by atoms with E-state index < -0.39 is 0 Å². The highest BCUT2D eigenvalue weighted by Crippen LogP contribution is 2.38. The Morgan fingerprint density at radius 3 is 2.50 bits per heavy atom. The lowest BCUT2D eigenvalue weighted by Gasteiger charge is -2.36. The number of hydrogen-bond acceptors (Lipinski definition) is 5. The molecule has 3 aromatic rings. The van der Waals surface area contributed by atoms with Gasteiger partial charge < -0.3 is 14.7 Å². The third-order valence-corrected chi connectivity index (χ3v) is 8.58. The lowest BCUT2D eigenvalue weighted by atomic mass is 9.78. The number of ether oxygens (including phenoxy) is 1. The molecule has 1 amide bonds. The zero-order valence-electron chi connectivity index (χ0n) is 23.8. The average molecular weight is 541 g/mol. The van der Waals surface area contributed by atoms with E-state index in [0.29, 0.717) is 36.9 Å². The second kappa shape index (κ2) is 12.7. The van der Waals surface area contributed by atoms with Crippen LogP contribution in [0.1, 0.15) is 79.7 Å². The molecule has 40 heavy (non-hydrogen) atoms. The van der Waals surface area contributed by atoms with E-state index >= 15 is 0 Å². The molecule has 0 unspecified atom stereocenters. The van der Waals surface area contributed by atoms with Crippen LogP contribution in [0, 0.1) is 30.6 Å². The van der Waals surface area contributed by atoms with E-state index in [0.717, 1.165) is 55.5 Å². The molecule has 2 aliphatic rings. The fourth-order valence-electron chi connectivity index (χ4n) is 6.25. The molecule has 1 aromatic heterocycles. The predicted octanol–water partition coefficient (Wildman–Crippen LogP) is 5.39. The Morgan fingerprint density at radius 2 is 1.82 bits per heavy atom. The molecule has 2 fully saturated rings. The summed E-state index contributed by atoms with van der Waals surface area (Å²) in [5.41, 5.74) is 4.93. The number of benzene rings is 2. The zero-order valence-corrected chi connectivity index (χ0v) is 23.8. The first-order valence-electron chi connectivity index (χ1n) is 14.5. The van der Waals surface area contributed by atoms with Crippen molar-refractivity contribution in [1.82, 2.24) is 15.0 Å². The Balaban J connectivity index is 1.32. The van der Waals surface area contributed by atoms with Crippen molar-refractivity contribution in [3.8, 4) is 17.6 Å². The Morgan fingerprint density at radius 1 is 1.05 bits per heavy atom. The summed E-state index contributed by atoms with van der Waals surface area (Å²) in [6, 6.07) is 14.5. The van der Waals surface area contributed by atoms with Crippen molar-refractivity contribution in [3.05, 3.63) is 71.0 Å². The summed E-state index contributed by atoms with van der Waals surface area (Å²) in [4.78, 5) is 17.4. The van der Waals surface area contributed by atoms with Gasteiger partial charge in [-0.3, -0.25) is 4.79 Å². The lowest BCUT2D eigenvalue weighted by Crippen LogP contribution is -2.41. The number of aromatic nitrogens is 3. The second-order valence-electron chi connectivity index (χ2n) is 11.4. The summed E-state index contributed by atoms with van der Waals surface area (Å²) in [5.74, 6) is 8.33. The maximum atomic E-state index is 13.9. The zero-order chi connectivity index (χ0) is 28.1.